The molecular formula is C15H25N3O. The van der Waals surface area contributed by atoms with Crippen LogP contribution in [0.2, 0.25) is 0 Å². The molecule has 1 aliphatic rings. The van der Waals surface area contributed by atoms with Crippen molar-refractivity contribution < 1.29 is 4.74 Å². The van der Waals surface area contributed by atoms with Crippen LogP contribution in [0, 0.1) is 0 Å². The highest BCUT2D eigenvalue weighted by Crippen LogP contribution is 2.11. The molecule has 106 valence electrons. The van der Waals surface area contributed by atoms with Crippen molar-refractivity contribution in [2.45, 2.75) is 39.5 Å². The number of rotatable bonds is 6. The summed E-state index contributed by atoms with van der Waals surface area (Å²) in [5, 5.41) is 3.31. The van der Waals surface area contributed by atoms with Gasteiger partial charge in [-0.2, -0.15) is 0 Å². The van der Waals surface area contributed by atoms with E-state index in [1.54, 1.807) is 0 Å². The maximum absolute atomic E-state index is 5.69. The van der Waals surface area contributed by atoms with E-state index >= 15 is 0 Å². The molecule has 2 rings (SSSR count). The highest BCUT2D eigenvalue weighted by Gasteiger charge is 2.18. The topological polar surface area (TPSA) is 37.4 Å². The van der Waals surface area contributed by atoms with Crippen LogP contribution in [0.4, 0.5) is 0 Å². The average Bonchev–Trinajstić information content (AvgIpc) is 2.47. The largest absolute Gasteiger partial charge is 0.376 e. The monoisotopic (exact) mass is 263 g/mol. The Kier molecular flexibility index (Phi) is 5.76. The predicted octanol–water partition coefficient (Wildman–Crippen LogP) is 1.80. The fourth-order valence-electron chi connectivity index (χ4n) is 2.32. The second-order valence-electron chi connectivity index (χ2n) is 5.07. The molecule has 0 saturated carbocycles. The SMILES string of the molecule is CCNCc1ccc(CN2CCOC(CC)C2)nc1. The van der Waals surface area contributed by atoms with Crippen LogP contribution in [0.1, 0.15) is 31.5 Å². The Balaban J connectivity index is 1.85. The number of nitrogens with zero attached hydrogens (tertiary/aromatic N) is 2. The van der Waals surface area contributed by atoms with Crippen molar-refractivity contribution in [2.75, 3.05) is 26.2 Å². The summed E-state index contributed by atoms with van der Waals surface area (Å²) >= 11 is 0. The minimum absolute atomic E-state index is 0.391. The lowest BCUT2D eigenvalue weighted by Crippen LogP contribution is -2.41. The van der Waals surface area contributed by atoms with Gasteiger partial charge in [-0.3, -0.25) is 9.88 Å². The highest BCUT2D eigenvalue weighted by atomic mass is 16.5. The third kappa shape index (κ3) is 4.56. The summed E-state index contributed by atoms with van der Waals surface area (Å²) < 4.78 is 5.69. The van der Waals surface area contributed by atoms with Crippen LogP contribution in [0.15, 0.2) is 18.3 Å². The molecule has 1 atom stereocenters. The van der Waals surface area contributed by atoms with Gasteiger partial charge in [0.05, 0.1) is 18.4 Å². The first kappa shape index (κ1) is 14.4. The van der Waals surface area contributed by atoms with Gasteiger partial charge in [-0.15, -0.1) is 0 Å². The zero-order chi connectivity index (χ0) is 13.5. The molecule has 19 heavy (non-hydrogen) atoms. The molecule has 1 aromatic heterocycles. The molecule has 2 heterocycles. The Morgan fingerprint density at radius 1 is 1.42 bits per heavy atom. The van der Waals surface area contributed by atoms with Gasteiger partial charge in [0.15, 0.2) is 0 Å². The lowest BCUT2D eigenvalue weighted by molar-refractivity contribution is -0.0328. The molecule has 0 spiro atoms. The van der Waals surface area contributed by atoms with Crippen LogP contribution in [0.3, 0.4) is 0 Å². The number of hydrogen-bond donors (Lipinski definition) is 1. The number of nitrogens with one attached hydrogen (secondary N) is 1. The second-order valence-corrected chi connectivity index (χ2v) is 5.07. The molecule has 1 N–H and O–H groups in total. The van der Waals surface area contributed by atoms with Crippen molar-refractivity contribution in [1.29, 1.82) is 0 Å². The summed E-state index contributed by atoms with van der Waals surface area (Å²) in [4.78, 5) is 6.99. The molecule has 4 heteroatoms. The van der Waals surface area contributed by atoms with Gasteiger partial charge in [0.25, 0.3) is 0 Å². The number of ether oxygens (including phenoxy) is 1. The second kappa shape index (κ2) is 7.58. The Labute approximate surface area is 116 Å². The molecule has 0 radical (unpaired) electrons. The van der Waals surface area contributed by atoms with Gasteiger partial charge in [0.2, 0.25) is 0 Å². The van der Waals surface area contributed by atoms with E-state index in [4.69, 9.17) is 4.74 Å². The molecule has 0 bridgehead atoms. The van der Waals surface area contributed by atoms with E-state index in [0.29, 0.717) is 6.10 Å². The quantitative estimate of drug-likeness (QED) is 0.849. The lowest BCUT2D eigenvalue weighted by atomic mass is 10.2. The molecule has 0 amide bonds. The third-order valence-corrected chi connectivity index (χ3v) is 3.53. The fourth-order valence-corrected chi connectivity index (χ4v) is 2.32. The Morgan fingerprint density at radius 2 is 2.32 bits per heavy atom. The van der Waals surface area contributed by atoms with Crippen molar-refractivity contribution >= 4 is 0 Å². The van der Waals surface area contributed by atoms with Gasteiger partial charge in [0, 0.05) is 32.4 Å². The standard InChI is InChI=1S/C15H25N3O/c1-3-15-12-18(7-8-19-15)11-14-6-5-13(10-17-14)9-16-4-2/h5-6,10,15-16H,3-4,7-9,11-12H2,1-2H3. The Hall–Kier alpha value is -0.970. The van der Waals surface area contributed by atoms with Gasteiger partial charge >= 0.3 is 0 Å². The van der Waals surface area contributed by atoms with Crippen molar-refractivity contribution in [3.05, 3.63) is 29.6 Å². The van der Waals surface area contributed by atoms with Gasteiger partial charge < -0.3 is 10.1 Å². The zero-order valence-corrected chi connectivity index (χ0v) is 12.1. The number of aromatic nitrogens is 1. The summed E-state index contributed by atoms with van der Waals surface area (Å²) in [5.74, 6) is 0. The lowest BCUT2D eigenvalue weighted by Gasteiger charge is -2.32. The van der Waals surface area contributed by atoms with Crippen LogP contribution in [0.5, 0.6) is 0 Å². The number of morpholine rings is 1. The van der Waals surface area contributed by atoms with Gasteiger partial charge in [0.1, 0.15) is 0 Å². The first-order valence-corrected chi connectivity index (χ1v) is 7.30. The summed E-state index contributed by atoms with van der Waals surface area (Å²) in [5.41, 5.74) is 2.40. The maximum Gasteiger partial charge on any atom is 0.0700 e. The first-order chi connectivity index (χ1) is 9.31. The van der Waals surface area contributed by atoms with Crippen molar-refractivity contribution in [3.8, 4) is 0 Å². The van der Waals surface area contributed by atoms with Crippen LogP contribution in [-0.2, 0) is 17.8 Å². The molecule has 4 nitrogen and oxygen atoms in total. The van der Waals surface area contributed by atoms with E-state index in [1.807, 2.05) is 6.20 Å². The minimum Gasteiger partial charge on any atom is -0.376 e. The number of pyridine rings is 1. The van der Waals surface area contributed by atoms with E-state index in [9.17, 15) is 0 Å². The molecule has 1 aliphatic heterocycles. The Morgan fingerprint density at radius 3 is 3.00 bits per heavy atom. The molecule has 1 fully saturated rings. The van der Waals surface area contributed by atoms with Crippen molar-refractivity contribution in [1.82, 2.24) is 15.2 Å². The van der Waals surface area contributed by atoms with E-state index in [2.05, 4.69) is 41.2 Å². The molecular weight excluding hydrogens is 238 g/mol. The normalized spacial score (nSPS) is 20.6. The molecule has 1 unspecified atom stereocenters. The van der Waals surface area contributed by atoms with Gasteiger partial charge in [-0.05, 0) is 24.6 Å². The van der Waals surface area contributed by atoms with Crippen LogP contribution in [0.25, 0.3) is 0 Å². The smallest absolute Gasteiger partial charge is 0.0700 e. The Bertz CT molecular complexity index is 366. The fraction of sp³-hybridized carbons (Fsp3) is 0.667. The maximum atomic E-state index is 5.69. The van der Waals surface area contributed by atoms with Crippen LogP contribution in [-0.4, -0.2) is 42.2 Å². The van der Waals surface area contributed by atoms with E-state index in [0.717, 1.165) is 51.4 Å². The summed E-state index contributed by atoms with van der Waals surface area (Å²) in [6.45, 7) is 10.0. The number of hydrogen-bond acceptors (Lipinski definition) is 4. The highest BCUT2D eigenvalue weighted by molar-refractivity contribution is 5.14. The van der Waals surface area contributed by atoms with Crippen LogP contribution < -0.4 is 5.32 Å². The minimum atomic E-state index is 0.391. The summed E-state index contributed by atoms with van der Waals surface area (Å²) in [7, 11) is 0. The molecule has 0 aromatic carbocycles. The van der Waals surface area contributed by atoms with E-state index in [1.165, 1.54) is 5.56 Å². The van der Waals surface area contributed by atoms with E-state index < -0.39 is 0 Å². The van der Waals surface area contributed by atoms with Crippen molar-refractivity contribution in [3.63, 3.8) is 0 Å². The van der Waals surface area contributed by atoms with Gasteiger partial charge in [-0.25, -0.2) is 0 Å². The van der Waals surface area contributed by atoms with E-state index in [-0.39, 0.29) is 0 Å². The predicted molar refractivity (Wildman–Crippen MR) is 76.9 cm³/mol. The molecule has 1 aromatic rings. The average molecular weight is 263 g/mol. The zero-order valence-electron chi connectivity index (χ0n) is 12.1. The third-order valence-electron chi connectivity index (χ3n) is 3.53. The van der Waals surface area contributed by atoms with Crippen molar-refractivity contribution in [2.24, 2.45) is 0 Å². The van der Waals surface area contributed by atoms with Crippen LogP contribution >= 0.6 is 0 Å². The summed E-state index contributed by atoms with van der Waals surface area (Å²) in [6.07, 6.45) is 3.46. The molecule has 0 aliphatic carbocycles. The first-order valence-electron chi connectivity index (χ1n) is 7.30. The molecule has 1 saturated heterocycles. The van der Waals surface area contributed by atoms with Gasteiger partial charge in [-0.1, -0.05) is 19.9 Å². The summed E-state index contributed by atoms with van der Waals surface area (Å²) in [6, 6.07) is 4.31.